The van der Waals surface area contributed by atoms with E-state index >= 15 is 0 Å². The van der Waals surface area contributed by atoms with Gasteiger partial charge in [-0.2, -0.15) is 0 Å². The maximum Gasteiger partial charge on any atom is 0.294 e. The number of benzene rings is 3. The van der Waals surface area contributed by atoms with Crippen molar-refractivity contribution in [1.82, 2.24) is 4.57 Å². The van der Waals surface area contributed by atoms with Gasteiger partial charge < -0.3 is 14.8 Å². The summed E-state index contributed by atoms with van der Waals surface area (Å²) < 4.78 is 1.70. The van der Waals surface area contributed by atoms with Crippen molar-refractivity contribution in [2.75, 3.05) is 0 Å². The van der Waals surface area contributed by atoms with Crippen molar-refractivity contribution in [2.24, 2.45) is 10.2 Å². The van der Waals surface area contributed by atoms with Crippen LogP contribution in [-0.4, -0.2) is 15.6 Å². The minimum Gasteiger partial charge on any atom is -0.872 e. The van der Waals surface area contributed by atoms with E-state index in [-0.39, 0.29) is 22.2 Å². The van der Waals surface area contributed by atoms with Crippen LogP contribution in [-0.2, 0) is 6.54 Å². The molecular formula is C22H15ClN3O3-. The second kappa shape index (κ2) is 7.77. The first-order chi connectivity index (χ1) is 14.0. The number of halogens is 1. The number of aromatic nitrogens is 1. The number of fused-ring (bicyclic) bond motifs is 1. The highest BCUT2D eigenvalue weighted by Crippen LogP contribution is 2.39. The molecule has 1 N–H and O–H groups in total. The number of rotatable bonds is 4. The van der Waals surface area contributed by atoms with Crippen LogP contribution in [0.3, 0.4) is 0 Å². The average molecular weight is 405 g/mol. The van der Waals surface area contributed by atoms with Gasteiger partial charge in [-0.15, -0.1) is 10.2 Å². The van der Waals surface area contributed by atoms with E-state index in [1.165, 1.54) is 18.2 Å². The Labute approximate surface area is 171 Å². The SMILES string of the molecule is O=C(N=Nc1c(O)n(Cc2ccccc2)c2ccccc12)c1cc(Cl)ccc1[O-]. The van der Waals surface area contributed by atoms with Crippen LogP contribution < -0.4 is 5.11 Å². The highest BCUT2D eigenvalue weighted by atomic mass is 35.5. The van der Waals surface area contributed by atoms with Crippen LogP contribution in [0.25, 0.3) is 10.9 Å². The first kappa shape index (κ1) is 18.7. The molecule has 0 unspecified atom stereocenters. The fourth-order valence-electron chi connectivity index (χ4n) is 3.11. The summed E-state index contributed by atoms with van der Waals surface area (Å²) in [6.07, 6.45) is 0. The third-order valence-electron chi connectivity index (χ3n) is 4.51. The van der Waals surface area contributed by atoms with Gasteiger partial charge in [0, 0.05) is 16.0 Å². The van der Waals surface area contributed by atoms with Crippen molar-refractivity contribution >= 4 is 34.1 Å². The van der Waals surface area contributed by atoms with E-state index < -0.39 is 11.7 Å². The largest absolute Gasteiger partial charge is 0.872 e. The molecule has 4 rings (SSSR count). The lowest BCUT2D eigenvalue weighted by molar-refractivity contribution is -0.268. The fourth-order valence-corrected chi connectivity index (χ4v) is 3.29. The van der Waals surface area contributed by atoms with Crippen LogP contribution in [0.4, 0.5) is 5.69 Å². The average Bonchev–Trinajstić information content (AvgIpc) is 3.00. The number of amides is 1. The maximum atomic E-state index is 12.3. The van der Waals surface area contributed by atoms with Gasteiger partial charge in [0.05, 0.1) is 12.1 Å². The number of carbonyl (C=O) groups excluding carboxylic acids is 1. The van der Waals surface area contributed by atoms with E-state index in [4.69, 9.17) is 11.6 Å². The Morgan fingerprint density at radius 3 is 2.55 bits per heavy atom. The van der Waals surface area contributed by atoms with Crippen molar-refractivity contribution in [1.29, 1.82) is 0 Å². The summed E-state index contributed by atoms with van der Waals surface area (Å²) in [5, 5.41) is 31.2. The van der Waals surface area contributed by atoms with Crippen LogP contribution in [0, 0.1) is 0 Å². The minimum atomic E-state index is -0.822. The van der Waals surface area contributed by atoms with Crippen LogP contribution >= 0.6 is 11.6 Å². The van der Waals surface area contributed by atoms with Gasteiger partial charge in [-0.05, 0) is 23.8 Å². The first-order valence-electron chi connectivity index (χ1n) is 8.81. The molecule has 0 bridgehead atoms. The molecule has 3 aromatic carbocycles. The normalized spacial score (nSPS) is 11.3. The Morgan fingerprint density at radius 1 is 1.03 bits per heavy atom. The lowest BCUT2D eigenvalue weighted by atomic mass is 10.2. The van der Waals surface area contributed by atoms with E-state index in [0.29, 0.717) is 11.9 Å². The molecule has 144 valence electrons. The van der Waals surface area contributed by atoms with Gasteiger partial charge in [0.2, 0.25) is 5.88 Å². The Hall–Kier alpha value is -3.64. The van der Waals surface area contributed by atoms with Gasteiger partial charge in [0.15, 0.2) is 5.69 Å². The van der Waals surface area contributed by atoms with Crippen LogP contribution in [0.2, 0.25) is 5.02 Å². The van der Waals surface area contributed by atoms with E-state index in [1.54, 1.807) is 10.6 Å². The number of aromatic hydroxyl groups is 1. The topological polar surface area (TPSA) is 90.0 Å². The molecule has 0 aliphatic rings. The predicted octanol–water partition coefficient (Wildman–Crippen LogP) is 5.05. The predicted molar refractivity (Wildman–Crippen MR) is 109 cm³/mol. The Morgan fingerprint density at radius 2 is 1.76 bits per heavy atom. The molecule has 0 saturated heterocycles. The summed E-state index contributed by atoms with van der Waals surface area (Å²) in [6, 6.07) is 20.8. The smallest absolute Gasteiger partial charge is 0.294 e. The van der Waals surface area contributed by atoms with Gasteiger partial charge in [-0.25, -0.2) is 0 Å². The van der Waals surface area contributed by atoms with Gasteiger partial charge in [-0.1, -0.05) is 71.9 Å². The van der Waals surface area contributed by atoms with Crippen molar-refractivity contribution in [3.63, 3.8) is 0 Å². The van der Waals surface area contributed by atoms with Gasteiger partial charge >= 0.3 is 0 Å². The summed E-state index contributed by atoms with van der Waals surface area (Å²) in [5.74, 6) is -1.43. The molecule has 4 aromatic rings. The van der Waals surface area contributed by atoms with Crippen molar-refractivity contribution < 1.29 is 15.0 Å². The number of nitrogens with zero attached hydrogens (tertiary/aromatic N) is 3. The second-order valence-electron chi connectivity index (χ2n) is 6.41. The number of para-hydroxylation sites is 1. The molecule has 0 atom stereocenters. The minimum absolute atomic E-state index is 0.111. The van der Waals surface area contributed by atoms with Crippen molar-refractivity contribution in [3.8, 4) is 11.6 Å². The Kier molecular flexibility index (Phi) is 5.01. The van der Waals surface area contributed by atoms with Crippen LogP contribution in [0.5, 0.6) is 11.6 Å². The summed E-state index contributed by atoms with van der Waals surface area (Å²) in [7, 11) is 0. The zero-order valence-corrected chi connectivity index (χ0v) is 15.9. The highest BCUT2D eigenvalue weighted by Gasteiger charge is 2.17. The molecule has 0 radical (unpaired) electrons. The summed E-state index contributed by atoms with van der Waals surface area (Å²) >= 11 is 5.86. The van der Waals surface area contributed by atoms with Gasteiger partial charge in [0.25, 0.3) is 5.91 Å². The summed E-state index contributed by atoms with van der Waals surface area (Å²) in [4.78, 5) is 12.3. The van der Waals surface area contributed by atoms with Gasteiger partial charge in [-0.3, -0.25) is 4.79 Å². The molecule has 0 saturated carbocycles. The quantitative estimate of drug-likeness (QED) is 0.483. The van der Waals surface area contributed by atoms with E-state index in [1.807, 2.05) is 48.5 Å². The van der Waals surface area contributed by atoms with Gasteiger partial charge in [0.1, 0.15) is 0 Å². The lowest BCUT2D eigenvalue weighted by Gasteiger charge is -2.09. The second-order valence-corrected chi connectivity index (χ2v) is 6.84. The monoisotopic (exact) mass is 404 g/mol. The summed E-state index contributed by atoms with van der Waals surface area (Å²) in [5.41, 5.74) is 1.74. The van der Waals surface area contributed by atoms with Crippen LogP contribution in [0.15, 0.2) is 83.0 Å². The third-order valence-corrected chi connectivity index (χ3v) is 4.75. The van der Waals surface area contributed by atoms with Crippen LogP contribution in [0.1, 0.15) is 15.9 Å². The molecule has 0 spiro atoms. The Balaban J connectivity index is 1.74. The zero-order valence-electron chi connectivity index (χ0n) is 15.1. The molecule has 1 aromatic heterocycles. The highest BCUT2D eigenvalue weighted by molar-refractivity contribution is 6.31. The summed E-state index contributed by atoms with van der Waals surface area (Å²) in [6.45, 7) is 0.426. The molecule has 6 nitrogen and oxygen atoms in total. The lowest BCUT2D eigenvalue weighted by Crippen LogP contribution is -2.01. The number of carbonyl (C=O) groups is 1. The molecule has 1 amide bonds. The molecule has 1 heterocycles. The molecule has 0 aliphatic carbocycles. The van der Waals surface area contributed by atoms with E-state index in [0.717, 1.165) is 11.1 Å². The fraction of sp³-hybridized carbons (Fsp3) is 0.0455. The van der Waals surface area contributed by atoms with E-state index in [9.17, 15) is 15.0 Å². The molecular weight excluding hydrogens is 390 g/mol. The number of hydrogen-bond donors (Lipinski definition) is 1. The van der Waals surface area contributed by atoms with E-state index in [2.05, 4.69) is 10.2 Å². The molecule has 0 fully saturated rings. The first-order valence-corrected chi connectivity index (χ1v) is 9.19. The number of hydrogen-bond acceptors (Lipinski definition) is 4. The third kappa shape index (κ3) is 3.70. The van der Waals surface area contributed by atoms with Crippen molar-refractivity contribution in [3.05, 3.63) is 88.9 Å². The van der Waals surface area contributed by atoms with Crippen molar-refractivity contribution in [2.45, 2.75) is 6.54 Å². The Bertz CT molecular complexity index is 1230. The number of azo groups is 1. The zero-order chi connectivity index (χ0) is 20.4. The standard InChI is InChI=1S/C22H16ClN3O3/c23-15-10-11-19(27)17(12-15)21(28)25-24-20-16-8-4-5-9-18(16)26(22(20)29)13-14-6-2-1-3-7-14/h1-12,27,29H,13H2/p-1. The maximum absolute atomic E-state index is 12.3. The molecule has 29 heavy (non-hydrogen) atoms. The molecule has 0 aliphatic heterocycles. The molecule has 7 heteroatoms.